The molecule has 3 heterocycles. The van der Waals surface area contributed by atoms with Gasteiger partial charge >= 0.3 is 7.12 Å². The molecule has 21 heavy (non-hydrogen) atoms. The highest BCUT2D eigenvalue weighted by Gasteiger charge is 2.55. The Kier molecular flexibility index (Phi) is 3.84. The summed E-state index contributed by atoms with van der Waals surface area (Å²) < 4.78 is 24.3. The maximum absolute atomic E-state index is 12.3. The minimum absolute atomic E-state index is 0.157. The van der Waals surface area contributed by atoms with Crippen molar-refractivity contribution in [3.8, 4) is 0 Å². The van der Waals surface area contributed by atoms with E-state index < -0.39 is 16.4 Å². The number of hydrogen-bond acceptors (Lipinski definition) is 4. The minimum Gasteiger partial charge on any atom is -0.403 e. The van der Waals surface area contributed by atoms with E-state index in [1.807, 2.05) is 27.7 Å². The summed E-state index contributed by atoms with van der Waals surface area (Å²) in [7, 11) is -1.13. The molecule has 2 bridgehead atoms. The third kappa shape index (κ3) is 2.84. The second kappa shape index (κ2) is 5.05. The average Bonchev–Trinajstić information content (AvgIpc) is 2.49. The summed E-state index contributed by atoms with van der Waals surface area (Å²) >= 11 is 0. The molecule has 3 saturated heterocycles. The van der Waals surface area contributed by atoms with Crippen LogP contribution in [0.4, 0.5) is 0 Å². The van der Waals surface area contributed by atoms with Crippen LogP contribution in [0, 0.1) is 0 Å². The Labute approximate surface area is 130 Å². The zero-order chi connectivity index (χ0) is 15.5. The Morgan fingerprint density at radius 1 is 1.10 bits per heavy atom. The molecule has 0 aromatic rings. The first-order chi connectivity index (χ1) is 9.62. The van der Waals surface area contributed by atoms with Crippen molar-refractivity contribution >= 4 is 17.9 Å². The van der Waals surface area contributed by atoms with Gasteiger partial charge in [-0.1, -0.05) is 6.42 Å². The van der Waals surface area contributed by atoms with E-state index in [9.17, 15) is 9.32 Å². The molecule has 120 valence electrons. The number of aliphatic hydroxyl groups is 1. The average molecular weight is 314 g/mol. The van der Waals surface area contributed by atoms with Gasteiger partial charge in [0.15, 0.2) is 0 Å². The van der Waals surface area contributed by atoms with Crippen LogP contribution >= 0.6 is 0 Å². The fraction of sp³-hybridized carbons (Fsp3) is 1.00. The van der Waals surface area contributed by atoms with Gasteiger partial charge in [0.2, 0.25) is 0 Å². The zero-order valence-electron chi connectivity index (χ0n) is 13.6. The molecular formula is C15H27BO4S. The molecule has 3 aliphatic heterocycles. The van der Waals surface area contributed by atoms with Crippen LogP contribution in [0.5, 0.6) is 0 Å². The second-order valence-electron chi connectivity index (χ2n) is 8.03. The van der Waals surface area contributed by atoms with E-state index in [0.29, 0.717) is 19.2 Å². The molecule has 6 heteroatoms. The van der Waals surface area contributed by atoms with Crippen LogP contribution in [0.25, 0.3) is 0 Å². The van der Waals surface area contributed by atoms with Crippen LogP contribution in [0.2, 0.25) is 6.32 Å². The number of fused-ring (bicyclic) bond motifs is 2. The van der Waals surface area contributed by atoms with Crippen molar-refractivity contribution in [2.24, 2.45) is 0 Å². The molecular weight excluding hydrogens is 287 g/mol. The minimum atomic E-state index is -0.787. The summed E-state index contributed by atoms with van der Waals surface area (Å²) in [6, 6.07) is 0. The van der Waals surface area contributed by atoms with E-state index in [1.54, 1.807) is 0 Å². The molecule has 3 aliphatic rings. The zero-order valence-corrected chi connectivity index (χ0v) is 14.4. The van der Waals surface area contributed by atoms with Crippen LogP contribution < -0.4 is 0 Å². The van der Waals surface area contributed by atoms with Crippen molar-refractivity contribution in [3.05, 3.63) is 0 Å². The molecule has 0 aromatic carbocycles. The summed E-state index contributed by atoms with van der Waals surface area (Å²) in [5.74, 6) is 0. The largest absolute Gasteiger partial charge is 0.460 e. The van der Waals surface area contributed by atoms with Crippen LogP contribution in [0.1, 0.15) is 59.8 Å². The van der Waals surface area contributed by atoms with Crippen molar-refractivity contribution in [2.45, 2.75) is 93.4 Å². The van der Waals surface area contributed by atoms with E-state index in [0.717, 1.165) is 19.3 Å². The van der Waals surface area contributed by atoms with Crippen molar-refractivity contribution in [2.75, 3.05) is 0 Å². The van der Waals surface area contributed by atoms with E-state index in [1.165, 1.54) is 0 Å². The maximum atomic E-state index is 12.3. The third-order valence-corrected chi connectivity index (χ3v) is 7.89. The second-order valence-corrected chi connectivity index (χ2v) is 10.0. The van der Waals surface area contributed by atoms with Gasteiger partial charge in [-0.25, -0.2) is 0 Å². The van der Waals surface area contributed by atoms with Gasteiger partial charge in [-0.3, -0.25) is 4.21 Å². The molecule has 4 nitrogen and oxygen atoms in total. The predicted molar refractivity (Wildman–Crippen MR) is 84.6 cm³/mol. The normalized spacial score (nSPS) is 44.8. The Bertz CT molecular complexity index is 419. The van der Waals surface area contributed by atoms with Crippen molar-refractivity contribution in [1.82, 2.24) is 0 Å². The highest BCUT2D eigenvalue weighted by Crippen LogP contribution is 2.45. The van der Waals surface area contributed by atoms with E-state index >= 15 is 0 Å². The van der Waals surface area contributed by atoms with Gasteiger partial charge in [-0.15, -0.1) is 0 Å². The highest BCUT2D eigenvalue weighted by molar-refractivity contribution is 7.86. The van der Waals surface area contributed by atoms with Crippen LogP contribution in [-0.2, 0) is 20.1 Å². The molecule has 0 radical (unpaired) electrons. The number of rotatable bonds is 2. The van der Waals surface area contributed by atoms with Gasteiger partial charge in [0.25, 0.3) is 0 Å². The van der Waals surface area contributed by atoms with Crippen LogP contribution in [0.3, 0.4) is 0 Å². The standard InChI is InChI=1S/C15H27BO4S/c1-13(2)14(3,4)20-16(19-13)10-15(17)8-11-6-5-7-12(9-15)21(11)18/h11-12,17H,5-10H2,1-4H3. The lowest BCUT2D eigenvalue weighted by Crippen LogP contribution is -2.50. The lowest BCUT2D eigenvalue weighted by Gasteiger charge is -2.43. The molecule has 3 rings (SSSR count). The molecule has 0 spiro atoms. The topological polar surface area (TPSA) is 55.8 Å². The van der Waals surface area contributed by atoms with Crippen molar-refractivity contribution < 1.29 is 18.6 Å². The Morgan fingerprint density at radius 3 is 2.05 bits per heavy atom. The summed E-state index contributed by atoms with van der Waals surface area (Å²) in [6.07, 6.45) is 4.85. The highest BCUT2D eigenvalue weighted by atomic mass is 32.2. The maximum Gasteiger partial charge on any atom is 0.460 e. The van der Waals surface area contributed by atoms with Crippen LogP contribution in [-0.4, -0.2) is 43.7 Å². The van der Waals surface area contributed by atoms with E-state index in [-0.39, 0.29) is 28.8 Å². The Hall–Kier alpha value is 0.0949. The summed E-state index contributed by atoms with van der Waals surface area (Å²) in [4.78, 5) is 0. The first-order valence-electron chi connectivity index (χ1n) is 8.09. The van der Waals surface area contributed by atoms with Gasteiger partial charge in [0, 0.05) is 27.6 Å². The monoisotopic (exact) mass is 314 g/mol. The first kappa shape index (κ1) is 16.0. The van der Waals surface area contributed by atoms with Crippen LogP contribution in [0.15, 0.2) is 0 Å². The summed E-state index contributed by atoms with van der Waals surface area (Å²) in [6.45, 7) is 8.12. The molecule has 1 N–H and O–H groups in total. The fourth-order valence-electron chi connectivity index (χ4n) is 3.90. The molecule has 0 saturated carbocycles. The van der Waals surface area contributed by atoms with Crippen molar-refractivity contribution in [3.63, 3.8) is 0 Å². The molecule has 0 aromatic heterocycles. The van der Waals surface area contributed by atoms with E-state index in [2.05, 4.69) is 0 Å². The molecule has 2 atom stereocenters. The van der Waals surface area contributed by atoms with E-state index in [4.69, 9.17) is 9.31 Å². The fourth-order valence-corrected chi connectivity index (χ4v) is 6.19. The molecule has 2 unspecified atom stereocenters. The third-order valence-electron chi connectivity index (χ3n) is 5.77. The smallest absolute Gasteiger partial charge is 0.403 e. The van der Waals surface area contributed by atoms with Gasteiger partial charge in [0.05, 0.1) is 16.8 Å². The van der Waals surface area contributed by atoms with Crippen molar-refractivity contribution in [1.29, 1.82) is 0 Å². The molecule has 0 amide bonds. The first-order valence-corrected chi connectivity index (χ1v) is 9.37. The van der Waals surface area contributed by atoms with Gasteiger partial charge in [0.1, 0.15) is 0 Å². The quantitative estimate of drug-likeness (QED) is 0.795. The Morgan fingerprint density at radius 2 is 1.57 bits per heavy atom. The van der Waals surface area contributed by atoms with Gasteiger partial charge in [-0.2, -0.15) is 0 Å². The number of hydrogen-bond donors (Lipinski definition) is 1. The molecule has 3 fully saturated rings. The summed E-state index contributed by atoms with van der Waals surface area (Å²) in [5, 5.41) is 11.3. The van der Waals surface area contributed by atoms with Gasteiger partial charge < -0.3 is 14.4 Å². The Balaban J connectivity index is 1.70. The predicted octanol–water partition coefficient (Wildman–Crippen LogP) is 2.27. The SMILES string of the molecule is CC1(C)OB(CC2(O)CC3CCCC(C2)S3=O)OC1(C)C. The molecule has 0 aliphatic carbocycles. The summed E-state index contributed by atoms with van der Waals surface area (Å²) in [5.41, 5.74) is -1.51. The lowest BCUT2D eigenvalue weighted by atomic mass is 9.69. The lowest BCUT2D eigenvalue weighted by molar-refractivity contribution is 0.00578. The van der Waals surface area contributed by atoms with Gasteiger partial charge in [-0.05, 0) is 53.4 Å².